The molecular weight excluding hydrogens is 377 g/mol. The van der Waals surface area contributed by atoms with Crippen LogP contribution in [0.5, 0.6) is 17.2 Å². The maximum Gasteiger partial charge on any atom is 0.225 e. The van der Waals surface area contributed by atoms with Gasteiger partial charge in [-0.25, -0.2) is 4.39 Å². The highest BCUT2D eigenvalue weighted by molar-refractivity contribution is 6.30. The average Bonchev–Trinajstić information content (AvgIpc) is 2.66. The van der Waals surface area contributed by atoms with Gasteiger partial charge < -0.3 is 24.6 Å². The highest BCUT2D eigenvalue weighted by Crippen LogP contribution is 2.51. The number of aliphatic hydroxyl groups is 1. The fraction of sp³-hybridized carbons (Fsp3) is 0.316. The van der Waals surface area contributed by atoms with Crippen molar-refractivity contribution >= 4 is 23.2 Å². The third-order valence-corrected chi connectivity index (χ3v) is 4.58. The molecule has 1 amide bonds. The Morgan fingerprint density at radius 2 is 2.04 bits per heavy atom. The molecule has 1 aliphatic heterocycles. The van der Waals surface area contributed by atoms with E-state index in [2.05, 4.69) is 5.32 Å². The van der Waals surface area contributed by atoms with Crippen molar-refractivity contribution in [1.82, 2.24) is 0 Å². The SMILES string of the molecule is COc1cc2c(c(OC)c1OCCO)C(c1cc(Cl)ccc1F)CC(=O)N2. The number of rotatable bonds is 6. The Kier molecular flexibility index (Phi) is 5.72. The largest absolute Gasteiger partial charge is 0.493 e. The summed E-state index contributed by atoms with van der Waals surface area (Å²) in [5.74, 6) is -0.448. The molecule has 2 aromatic rings. The molecule has 0 bridgehead atoms. The van der Waals surface area contributed by atoms with Crippen LogP contribution in [0.15, 0.2) is 24.3 Å². The summed E-state index contributed by atoms with van der Waals surface area (Å²) >= 11 is 6.05. The van der Waals surface area contributed by atoms with Gasteiger partial charge in [-0.3, -0.25) is 4.79 Å². The summed E-state index contributed by atoms with van der Waals surface area (Å²) < 4.78 is 31.0. The number of fused-ring (bicyclic) bond motifs is 1. The summed E-state index contributed by atoms with van der Waals surface area (Å²) in [6.07, 6.45) is 0.0202. The van der Waals surface area contributed by atoms with Crippen LogP contribution >= 0.6 is 11.6 Å². The van der Waals surface area contributed by atoms with Crippen LogP contribution in [0.4, 0.5) is 10.1 Å². The number of anilines is 1. The Hall–Kier alpha value is -2.51. The van der Waals surface area contributed by atoms with Crippen molar-refractivity contribution in [2.45, 2.75) is 12.3 Å². The first-order valence-corrected chi connectivity index (χ1v) is 8.65. The van der Waals surface area contributed by atoms with Gasteiger partial charge in [-0.1, -0.05) is 11.6 Å². The van der Waals surface area contributed by atoms with Gasteiger partial charge in [0.25, 0.3) is 0 Å². The second-order valence-electron chi connectivity index (χ2n) is 5.95. The fourth-order valence-corrected chi connectivity index (χ4v) is 3.44. The van der Waals surface area contributed by atoms with Gasteiger partial charge in [0, 0.05) is 29.0 Å². The number of benzene rings is 2. The second kappa shape index (κ2) is 8.02. The predicted octanol–water partition coefficient (Wildman–Crippen LogP) is 3.34. The summed E-state index contributed by atoms with van der Waals surface area (Å²) in [6.45, 7) is -0.180. The molecule has 6 nitrogen and oxygen atoms in total. The van der Waals surface area contributed by atoms with E-state index in [1.807, 2.05) is 0 Å². The van der Waals surface area contributed by atoms with Gasteiger partial charge in [-0.15, -0.1) is 0 Å². The number of amides is 1. The number of ether oxygens (including phenoxy) is 3. The summed E-state index contributed by atoms with van der Waals surface area (Å²) in [5.41, 5.74) is 1.29. The van der Waals surface area contributed by atoms with Crippen molar-refractivity contribution in [1.29, 1.82) is 0 Å². The quantitative estimate of drug-likeness (QED) is 0.784. The van der Waals surface area contributed by atoms with E-state index in [-0.39, 0.29) is 36.9 Å². The van der Waals surface area contributed by atoms with E-state index in [4.69, 9.17) is 30.9 Å². The van der Waals surface area contributed by atoms with E-state index in [0.29, 0.717) is 27.8 Å². The third-order valence-electron chi connectivity index (χ3n) is 4.35. The minimum absolute atomic E-state index is 0.0202. The molecular formula is C19H19ClFNO5. The molecule has 0 aromatic heterocycles. The Morgan fingerprint density at radius 3 is 2.70 bits per heavy atom. The zero-order valence-corrected chi connectivity index (χ0v) is 15.6. The Morgan fingerprint density at radius 1 is 1.26 bits per heavy atom. The highest BCUT2D eigenvalue weighted by Gasteiger charge is 2.35. The molecule has 1 unspecified atom stereocenters. The molecule has 8 heteroatoms. The van der Waals surface area contributed by atoms with E-state index in [1.54, 1.807) is 6.07 Å². The second-order valence-corrected chi connectivity index (χ2v) is 6.38. The molecule has 0 fully saturated rings. The first kappa shape index (κ1) is 19.3. The molecule has 144 valence electrons. The molecule has 27 heavy (non-hydrogen) atoms. The number of nitrogens with one attached hydrogen (secondary N) is 1. The first-order valence-electron chi connectivity index (χ1n) is 8.27. The molecule has 2 N–H and O–H groups in total. The van der Waals surface area contributed by atoms with E-state index < -0.39 is 11.7 Å². The fourth-order valence-electron chi connectivity index (χ4n) is 3.25. The normalized spacial score (nSPS) is 15.7. The van der Waals surface area contributed by atoms with Crippen molar-refractivity contribution in [2.24, 2.45) is 0 Å². The van der Waals surface area contributed by atoms with Crippen molar-refractivity contribution in [3.8, 4) is 17.2 Å². The number of hydrogen-bond acceptors (Lipinski definition) is 5. The third kappa shape index (κ3) is 3.65. The van der Waals surface area contributed by atoms with Gasteiger partial charge in [-0.2, -0.15) is 0 Å². The van der Waals surface area contributed by atoms with Crippen LogP contribution in [0, 0.1) is 5.82 Å². The van der Waals surface area contributed by atoms with E-state index in [9.17, 15) is 9.18 Å². The first-order chi connectivity index (χ1) is 13.0. The Balaban J connectivity index is 2.25. The average molecular weight is 396 g/mol. The Labute approximate surface area is 160 Å². The molecule has 1 heterocycles. The molecule has 0 saturated carbocycles. The molecule has 1 aliphatic rings. The van der Waals surface area contributed by atoms with Crippen molar-refractivity contribution in [3.63, 3.8) is 0 Å². The maximum atomic E-state index is 14.5. The molecule has 0 radical (unpaired) electrons. The number of halogens is 2. The van der Waals surface area contributed by atoms with Gasteiger partial charge in [-0.05, 0) is 23.8 Å². The molecule has 3 rings (SSSR count). The predicted molar refractivity (Wildman–Crippen MR) is 98.6 cm³/mol. The molecule has 0 aliphatic carbocycles. The summed E-state index contributed by atoms with van der Waals surface area (Å²) in [7, 11) is 2.90. The zero-order valence-electron chi connectivity index (χ0n) is 14.8. The zero-order chi connectivity index (χ0) is 19.6. The Bertz CT molecular complexity index is 874. The van der Waals surface area contributed by atoms with Crippen molar-refractivity contribution in [2.75, 3.05) is 32.8 Å². The van der Waals surface area contributed by atoms with Crippen LogP contribution < -0.4 is 19.5 Å². The lowest BCUT2D eigenvalue weighted by atomic mass is 9.83. The molecule has 1 atom stereocenters. The molecule has 0 saturated heterocycles. The number of hydrogen-bond donors (Lipinski definition) is 2. The minimum Gasteiger partial charge on any atom is -0.493 e. The lowest BCUT2D eigenvalue weighted by molar-refractivity contribution is -0.116. The number of carbonyl (C=O) groups excluding carboxylic acids is 1. The molecule has 0 spiro atoms. The lowest BCUT2D eigenvalue weighted by Gasteiger charge is -2.30. The van der Waals surface area contributed by atoms with Crippen molar-refractivity contribution < 1.29 is 28.5 Å². The number of aliphatic hydroxyl groups excluding tert-OH is 1. The van der Waals surface area contributed by atoms with Crippen LogP contribution in [0.25, 0.3) is 0 Å². The standard InChI is InChI=1S/C19H19ClFNO5/c1-25-15-9-14-17(19(26-2)18(15)27-6-5-23)12(8-16(24)22-14)11-7-10(20)3-4-13(11)21/h3-4,7,9,12,23H,5-6,8H2,1-2H3,(H,22,24). The number of carbonyl (C=O) groups is 1. The maximum absolute atomic E-state index is 14.5. The summed E-state index contributed by atoms with van der Waals surface area (Å²) in [6, 6.07) is 5.81. The lowest BCUT2D eigenvalue weighted by Crippen LogP contribution is -2.25. The molecule has 2 aromatic carbocycles. The monoisotopic (exact) mass is 395 g/mol. The minimum atomic E-state index is -0.621. The van der Waals surface area contributed by atoms with Crippen LogP contribution in [0.3, 0.4) is 0 Å². The van der Waals surface area contributed by atoms with Crippen LogP contribution in [0.1, 0.15) is 23.5 Å². The van der Waals surface area contributed by atoms with E-state index in [1.165, 1.54) is 32.4 Å². The smallest absolute Gasteiger partial charge is 0.225 e. The van der Waals surface area contributed by atoms with E-state index in [0.717, 1.165) is 0 Å². The highest BCUT2D eigenvalue weighted by atomic mass is 35.5. The summed E-state index contributed by atoms with van der Waals surface area (Å²) in [4.78, 5) is 12.2. The van der Waals surface area contributed by atoms with Gasteiger partial charge in [0.05, 0.1) is 26.5 Å². The van der Waals surface area contributed by atoms with Crippen molar-refractivity contribution in [3.05, 3.63) is 46.2 Å². The van der Waals surface area contributed by atoms with Crippen LogP contribution in [0.2, 0.25) is 5.02 Å². The van der Waals surface area contributed by atoms with Crippen LogP contribution in [-0.4, -0.2) is 38.4 Å². The summed E-state index contributed by atoms with van der Waals surface area (Å²) in [5, 5.41) is 12.2. The topological polar surface area (TPSA) is 77.0 Å². The van der Waals surface area contributed by atoms with Gasteiger partial charge >= 0.3 is 0 Å². The van der Waals surface area contributed by atoms with Gasteiger partial charge in [0.15, 0.2) is 11.5 Å². The van der Waals surface area contributed by atoms with E-state index >= 15 is 0 Å². The van der Waals surface area contributed by atoms with Gasteiger partial charge in [0.1, 0.15) is 12.4 Å². The van der Waals surface area contributed by atoms with Crippen LogP contribution in [-0.2, 0) is 4.79 Å². The number of methoxy groups -OCH3 is 2. The van der Waals surface area contributed by atoms with Gasteiger partial charge in [0.2, 0.25) is 11.7 Å².